The quantitative estimate of drug-likeness (QED) is 0.737. The second kappa shape index (κ2) is 2.99. The molecule has 15 heavy (non-hydrogen) atoms. The molecule has 1 aromatic rings. The van der Waals surface area contributed by atoms with Crippen LogP contribution >= 0.6 is 0 Å². The lowest BCUT2D eigenvalue weighted by atomic mass is 9.86. The van der Waals surface area contributed by atoms with E-state index in [2.05, 4.69) is 0 Å². The minimum Gasteiger partial charge on any atom is -0.399 e. The van der Waals surface area contributed by atoms with Crippen molar-refractivity contribution in [3.8, 4) is 0 Å². The summed E-state index contributed by atoms with van der Waals surface area (Å²) in [6, 6.07) is 8.29. The van der Waals surface area contributed by atoms with Gasteiger partial charge < -0.3 is 10.6 Å². The van der Waals surface area contributed by atoms with Crippen molar-refractivity contribution < 1.29 is 4.79 Å². The van der Waals surface area contributed by atoms with Gasteiger partial charge in [-0.15, -0.1) is 0 Å². The number of nitrogens with two attached hydrogens (primary N) is 1. The lowest BCUT2D eigenvalue weighted by Crippen LogP contribution is -2.29. The van der Waals surface area contributed by atoms with Crippen molar-refractivity contribution in [1.29, 1.82) is 0 Å². The van der Waals surface area contributed by atoms with Gasteiger partial charge in [-0.1, -0.05) is 12.1 Å². The van der Waals surface area contributed by atoms with E-state index in [4.69, 9.17) is 5.73 Å². The Bertz CT molecular complexity index is 410. The van der Waals surface area contributed by atoms with Crippen molar-refractivity contribution in [2.45, 2.75) is 25.4 Å². The second-order valence-corrected chi connectivity index (χ2v) is 4.53. The number of hydrogen-bond acceptors (Lipinski definition) is 2. The van der Waals surface area contributed by atoms with Crippen molar-refractivity contribution in [3.05, 3.63) is 29.8 Å². The first-order chi connectivity index (χ1) is 7.24. The fourth-order valence-electron chi connectivity index (χ4n) is 2.55. The highest BCUT2D eigenvalue weighted by atomic mass is 16.2. The van der Waals surface area contributed by atoms with Crippen LogP contribution < -0.4 is 5.73 Å². The summed E-state index contributed by atoms with van der Waals surface area (Å²) >= 11 is 0. The molecule has 2 heterocycles. The number of amides is 1. The largest absolute Gasteiger partial charge is 0.399 e. The molecule has 3 nitrogen and oxygen atoms in total. The van der Waals surface area contributed by atoms with Gasteiger partial charge in [0, 0.05) is 24.2 Å². The summed E-state index contributed by atoms with van der Waals surface area (Å²) in [7, 11) is 0. The molecule has 1 amide bonds. The Morgan fingerprint density at radius 1 is 1.40 bits per heavy atom. The molecular formula is C12H14N2O. The van der Waals surface area contributed by atoms with E-state index in [0.717, 1.165) is 30.6 Å². The fraction of sp³-hybridized carbons (Fsp3) is 0.417. The highest BCUT2D eigenvalue weighted by Crippen LogP contribution is 2.42. The monoisotopic (exact) mass is 202 g/mol. The predicted octanol–water partition coefficient (Wildman–Crippen LogP) is 1.39. The van der Waals surface area contributed by atoms with Crippen LogP contribution in [0, 0.1) is 5.92 Å². The highest BCUT2D eigenvalue weighted by Gasteiger charge is 2.49. The van der Waals surface area contributed by atoms with Gasteiger partial charge in [0.2, 0.25) is 5.91 Å². The van der Waals surface area contributed by atoms with Gasteiger partial charge in [-0.2, -0.15) is 0 Å². The first kappa shape index (κ1) is 8.77. The molecule has 1 aliphatic carbocycles. The highest BCUT2D eigenvalue weighted by molar-refractivity contribution is 5.84. The molecule has 3 fully saturated rings. The molecule has 0 atom stereocenters. The maximum atomic E-state index is 11.7. The summed E-state index contributed by atoms with van der Waals surface area (Å²) in [5.41, 5.74) is 7.61. The summed E-state index contributed by atoms with van der Waals surface area (Å²) in [6.45, 7) is 0.727. The van der Waals surface area contributed by atoms with Crippen LogP contribution in [0.2, 0.25) is 0 Å². The molecular weight excluding hydrogens is 188 g/mol. The smallest absolute Gasteiger partial charge is 0.226 e. The lowest BCUT2D eigenvalue weighted by molar-refractivity contribution is -0.129. The molecule has 3 aliphatic rings. The Labute approximate surface area is 88.9 Å². The van der Waals surface area contributed by atoms with Crippen LogP contribution in [0.3, 0.4) is 0 Å². The number of fused-ring (bicyclic) bond motifs is 1. The van der Waals surface area contributed by atoms with E-state index in [1.54, 1.807) is 0 Å². The van der Waals surface area contributed by atoms with Gasteiger partial charge in [-0.05, 0) is 30.5 Å². The van der Waals surface area contributed by atoms with Gasteiger partial charge in [-0.25, -0.2) is 0 Å². The third kappa shape index (κ3) is 1.30. The van der Waals surface area contributed by atoms with Crippen LogP contribution in [0.5, 0.6) is 0 Å². The van der Waals surface area contributed by atoms with E-state index < -0.39 is 0 Å². The van der Waals surface area contributed by atoms with Crippen molar-refractivity contribution in [2.75, 3.05) is 5.73 Å². The minimum atomic E-state index is 0.330. The number of benzene rings is 1. The van der Waals surface area contributed by atoms with E-state index in [-0.39, 0.29) is 0 Å². The number of nitrogen functional groups attached to an aromatic ring is 1. The van der Waals surface area contributed by atoms with Crippen molar-refractivity contribution in [3.63, 3.8) is 0 Å². The van der Waals surface area contributed by atoms with Crippen LogP contribution in [0.4, 0.5) is 5.69 Å². The molecule has 2 saturated heterocycles. The summed E-state index contributed by atoms with van der Waals surface area (Å²) in [5.74, 6) is 0.665. The zero-order valence-electron chi connectivity index (χ0n) is 8.52. The van der Waals surface area contributed by atoms with E-state index in [9.17, 15) is 4.79 Å². The second-order valence-electron chi connectivity index (χ2n) is 4.53. The molecule has 3 heteroatoms. The molecule has 0 aromatic heterocycles. The molecule has 1 saturated carbocycles. The number of anilines is 1. The van der Waals surface area contributed by atoms with Gasteiger partial charge >= 0.3 is 0 Å². The molecule has 1 aromatic carbocycles. The summed E-state index contributed by atoms with van der Waals surface area (Å²) in [4.78, 5) is 13.7. The van der Waals surface area contributed by atoms with Crippen LogP contribution in [-0.2, 0) is 11.3 Å². The average molecular weight is 202 g/mol. The van der Waals surface area contributed by atoms with Crippen molar-refractivity contribution >= 4 is 11.6 Å². The topological polar surface area (TPSA) is 46.3 Å². The maximum absolute atomic E-state index is 11.7. The molecule has 4 rings (SSSR count). The van der Waals surface area contributed by atoms with Gasteiger partial charge in [-0.3, -0.25) is 4.79 Å². The lowest BCUT2D eigenvalue weighted by Gasteiger charge is -2.25. The SMILES string of the molecule is Nc1cccc(CN2C(=O)C3CC2C3)c1. The first-order valence-corrected chi connectivity index (χ1v) is 5.39. The van der Waals surface area contributed by atoms with Gasteiger partial charge in [0.1, 0.15) is 0 Å². The van der Waals surface area contributed by atoms with Crippen molar-refractivity contribution in [1.82, 2.24) is 4.90 Å². The molecule has 0 spiro atoms. The molecule has 0 unspecified atom stereocenters. The number of carbonyl (C=O) groups excluding carboxylic acids is 1. The van der Waals surface area contributed by atoms with Crippen LogP contribution in [-0.4, -0.2) is 16.8 Å². The summed E-state index contributed by atoms with van der Waals surface area (Å²) in [6.07, 6.45) is 2.14. The fourth-order valence-corrected chi connectivity index (χ4v) is 2.55. The number of nitrogens with zero attached hydrogens (tertiary/aromatic N) is 1. The molecule has 78 valence electrons. The van der Waals surface area contributed by atoms with Gasteiger partial charge in [0.15, 0.2) is 0 Å². The van der Waals surface area contributed by atoms with E-state index in [1.165, 1.54) is 0 Å². The number of rotatable bonds is 2. The molecule has 2 N–H and O–H groups in total. The Hall–Kier alpha value is -1.51. The number of hydrogen-bond donors (Lipinski definition) is 1. The summed E-state index contributed by atoms with van der Waals surface area (Å²) < 4.78 is 0. The van der Waals surface area contributed by atoms with E-state index in [1.807, 2.05) is 29.2 Å². The van der Waals surface area contributed by atoms with Gasteiger partial charge in [0.05, 0.1) is 0 Å². The maximum Gasteiger partial charge on any atom is 0.226 e. The average Bonchev–Trinajstić information content (AvgIpc) is 2.55. The zero-order chi connectivity index (χ0) is 10.4. The van der Waals surface area contributed by atoms with E-state index >= 15 is 0 Å². The van der Waals surface area contributed by atoms with Crippen LogP contribution in [0.1, 0.15) is 18.4 Å². The Morgan fingerprint density at radius 3 is 2.80 bits per heavy atom. The third-order valence-electron chi connectivity index (χ3n) is 3.49. The molecule has 0 radical (unpaired) electrons. The Balaban J connectivity index is 1.78. The zero-order valence-corrected chi connectivity index (χ0v) is 8.52. The standard InChI is InChI=1S/C12H14N2O/c13-10-3-1-2-8(4-10)7-14-11-5-9(6-11)12(14)15/h1-4,9,11H,5-7,13H2. The molecule has 2 bridgehead atoms. The van der Waals surface area contributed by atoms with E-state index in [0.29, 0.717) is 17.9 Å². The Kier molecular flexibility index (Phi) is 1.75. The Morgan fingerprint density at radius 2 is 2.20 bits per heavy atom. The van der Waals surface area contributed by atoms with Gasteiger partial charge in [0.25, 0.3) is 0 Å². The van der Waals surface area contributed by atoms with Crippen LogP contribution in [0.25, 0.3) is 0 Å². The molecule has 2 aliphatic heterocycles. The minimum absolute atomic E-state index is 0.330. The first-order valence-electron chi connectivity index (χ1n) is 5.39. The summed E-state index contributed by atoms with van der Waals surface area (Å²) in [5, 5.41) is 0. The van der Waals surface area contributed by atoms with Crippen LogP contribution in [0.15, 0.2) is 24.3 Å². The normalized spacial score (nSPS) is 28.0. The van der Waals surface area contributed by atoms with Crippen molar-refractivity contribution in [2.24, 2.45) is 5.92 Å². The third-order valence-corrected chi connectivity index (χ3v) is 3.49. The number of carbonyl (C=O) groups is 1. The predicted molar refractivity (Wildman–Crippen MR) is 57.9 cm³/mol.